The summed E-state index contributed by atoms with van der Waals surface area (Å²) in [7, 11) is 0. The highest BCUT2D eigenvalue weighted by atomic mass is 16.4. The molecule has 1 fully saturated rings. The van der Waals surface area contributed by atoms with Crippen molar-refractivity contribution in [3.05, 3.63) is 0 Å². The van der Waals surface area contributed by atoms with Crippen molar-refractivity contribution in [1.29, 1.82) is 0 Å². The minimum atomic E-state index is -0.747. The second-order valence-electron chi connectivity index (χ2n) is 4.59. The van der Waals surface area contributed by atoms with Crippen molar-refractivity contribution in [2.75, 3.05) is 45.8 Å². The molecule has 1 saturated heterocycles. The summed E-state index contributed by atoms with van der Waals surface area (Å²) in [6.07, 6.45) is 1.19. The first-order chi connectivity index (χ1) is 8.17. The van der Waals surface area contributed by atoms with Crippen LogP contribution in [0.15, 0.2) is 0 Å². The van der Waals surface area contributed by atoms with Gasteiger partial charge in [-0.25, -0.2) is 0 Å². The summed E-state index contributed by atoms with van der Waals surface area (Å²) in [6.45, 7) is 10.7. The fraction of sp³-hybridized carbons (Fsp3) is 0.917. The molecule has 1 aliphatic rings. The average molecular weight is 243 g/mol. The molecule has 5 heteroatoms. The molecule has 0 bridgehead atoms. The predicted molar refractivity (Wildman–Crippen MR) is 68.3 cm³/mol. The Kier molecular flexibility index (Phi) is 6.47. The summed E-state index contributed by atoms with van der Waals surface area (Å²) in [4.78, 5) is 15.7. The summed E-state index contributed by atoms with van der Waals surface area (Å²) in [6, 6.07) is -0.433. The normalized spacial score (nSPS) is 20.4. The van der Waals surface area contributed by atoms with Gasteiger partial charge in [-0.3, -0.25) is 9.69 Å². The van der Waals surface area contributed by atoms with Crippen molar-refractivity contribution in [3.8, 4) is 0 Å². The quantitative estimate of drug-likeness (QED) is 0.663. The van der Waals surface area contributed by atoms with Crippen LogP contribution in [-0.4, -0.2) is 72.7 Å². The van der Waals surface area contributed by atoms with E-state index in [0.29, 0.717) is 13.1 Å². The third-order valence-electron chi connectivity index (χ3n) is 3.19. The zero-order valence-electron chi connectivity index (χ0n) is 11.0. The molecule has 0 aliphatic carbocycles. The predicted octanol–water partition coefficient (Wildman–Crippen LogP) is 0.0767. The lowest BCUT2D eigenvalue weighted by Crippen LogP contribution is -2.52. The maximum absolute atomic E-state index is 11.0. The number of piperazine rings is 1. The van der Waals surface area contributed by atoms with Crippen LogP contribution in [0.1, 0.15) is 20.3 Å². The van der Waals surface area contributed by atoms with E-state index in [9.17, 15) is 4.79 Å². The highest BCUT2D eigenvalue weighted by Gasteiger charge is 2.22. The number of nitrogens with one attached hydrogen (secondary N) is 1. The number of nitrogens with zero attached hydrogens (tertiary/aromatic N) is 2. The van der Waals surface area contributed by atoms with Crippen LogP contribution in [0, 0.1) is 0 Å². The van der Waals surface area contributed by atoms with Gasteiger partial charge in [-0.15, -0.1) is 0 Å². The lowest BCUT2D eigenvalue weighted by atomic mass is 10.2. The molecular weight excluding hydrogens is 218 g/mol. The zero-order chi connectivity index (χ0) is 12.7. The van der Waals surface area contributed by atoms with Crippen LogP contribution in [0.2, 0.25) is 0 Å². The van der Waals surface area contributed by atoms with Gasteiger partial charge < -0.3 is 15.3 Å². The van der Waals surface area contributed by atoms with E-state index in [2.05, 4.69) is 22.0 Å². The summed E-state index contributed by atoms with van der Waals surface area (Å²) >= 11 is 0. The first-order valence-electron chi connectivity index (χ1n) is 6.58. The van der Waals surface area contributed by atoms with E-state index in [1.54, 1.807) is 0 Å². The van der Waals surface area contributed by atoms with Gasteiger partial charge in [0.05, 0.1) is 0 Å². The molecule has 0 saturated carbocycles. The smallest absolute Gasteiger partial charge is 0.322 e. The van der Waals surface area contributed by atoms with E-state index >= 15 is 0 Å². The van der Waals surface area contributed by atoms with Crippen molar-refractivity contribution in [2.45, 2.75) is 26.3 Å². The van der Waals surface area contributed by atoms with Gasteiger partial charge in [-0.2, -0.15) is 0 Å². The summed E-state index contributed by atoms with van der Waals surface area (Å²) < 4.78 is 0. The van der Waals surface area contributed by atoms with Gasteiger partial charge in [0, 0.05) is 32.7 Å². The van der Waals surface area contributed by atoms with Crippen LogP contribution >= 0.6 is 0 Å². The van der Waals surface area contributed by atoms with Gasteiger partial charge >= 0.3 is 5.97 Å². The number of likely N-dealkylation sites (N-methyl/N-ethyl adjacent to an activating group) is 1. The van der Waals surface area contributed by atoms with E-state index in [1.807, 2.05) is 6.92 Å². The first kappa shape index (κ1) is 14.4. The van der Waals surface area contributed by atoms with Crippen LogP contribution in [0.25, 0.3) is 0 Å². The minimum absolute atomic E-state index is 0.433. The molecule has 100 valence electrons. The van der Waals surface area contributed by atoms with Crippen LogP contribution in [0.4, 0.5) is 0 Å². The molecule has 1 atom stereocenters. The Morgan fingerprint density at radius 3 is 2.29 bits per heavy atom. The summed E-state index contributed by atoms with van der Waals surface area (Å²) in [5, 5.41) is 12.1. The van der Waals surface area contributed by atoms with Gasteiger partial charge in [0.15, 0.2) is 0 Å². The number of carboxylic acid groups (broad SMARTS) is 1. The molecule has 1 rings (SSSR count). The Balaban J connectivity index is 2.30. The monoisotopic (exact) mass is 243 g/mol. The second-order valence-corrected chi connectivity index (χ2v) is 4.59. The summed E-state index contributed by atoms with van der Waals surface area (Å²) in [5.74, 6) is -0.747. The molecule has 0 spiro atoms. The van der Waals surface area contributed by atoms with E-state index in [-0.39, 0.29) is 0 Å². The fourth-order valence-corrected chi connectivity index (χ4v) is 2.25. The number of aliphatic carboxylic acids is 1. The van der Waals surface area contributed by atoms with Gasteiger partial charge in [-0.05, 0) is 19.5 Å². The lowest BCUT2D eigenvalue weighted by molar-refractivity contribution is -0.140. The number of hydrogen-bond acceptors (Lipinski definition) is 4. The largest absolute Gasteiger partial charge is 0.480 e. The minimum Gasteiger partial charge on any atom is -0.480 e. The van der Waals surface area contributed by atoms with Crippen molar-refractivity contribution >= 4 is 5.97 Å². The third-order valence-corrected chi connectivity index (χ3v) is 3.19. The fourth-order valence-electron chi connectivity index (χ4n) is 2.25. The van der Waals surface area contributed by atoms with Gasteiger partial charge in [0.1, 0.15) is 6.04 Å². The summed E-state index contributed by atoms with van der Waals surface area (Å²) in [5.41, 5.74) is 0. The molecule has 0 aromatic heterocycles. The number of hydrogen-bond donors (Lipinski definition) is 2. The molecule has 17 heavy (non-hydrogen) atoms. The number of carbonyl (C=O) groups is 1. The maximum atomic E-state index is 11.0. The molecule has 1 unspecified atom stereocenters. The van der Waals surface area contributed by atoms with Crippen LogP contribution < -0.4 is 5.32 Å². The standard InChI is InChI=1S/C12H25N3O2/c1-3-5-14-6-8-15(9-7-14)10-11(12(16)17)13-4-2/h11,13H,3-10H2,1-2H3,(H,16,17). The molecule has 1 heterocycles. The average Bonchev–Trinajstić information content (AvgIpc) is 2.31. The van der Waals surface area contributed by atoms with Crippen molar-refractivity contribution in [3.63, 3.8) is 0 Å². The Hall–Kier alpha value is -0.650. The van der Waals surface area contributed by atoms with Crippen molar-refractivity contribution in [1.82, 2.24) is 15.1 Å². The van der Waals surface area contributed by atoms with E-state index in [1.165, 1.54) is 6.42 Å². The number of carboxylic acids is 1. The van der Waals surface area contributed by atoms with Gasteiger partial charge in [0.25, 0.3) is 0 Å². The third kappa shape index (κ3) is 5.02. The Morgan fingerprint density at radius 1 is 1.24 bits per heavy atom. The topological polar surface area (TPSA) is 55.8 Å². The van der Waals surface area contributed by atoms with Gasteiger partial charge in [-0.1, -0.05) is 13.8 Å². The molecular formula is C12H25N3O2. The maximum Gasteiger partial charge on any atom is 0.322 e. The molecule has 0 aromatic carbocycles. The first-order valence-corrected chi connectivity index (χ1v) is 6.58. The SMILES string of the molecule is CCCN1CCN(CC(NCC)C(=O)O)CC1. The van der Waals surface area contributed by atoms with Crippen LogP contribution in [0.3, 0.4) is 0 Å². The molecule has 0 radical (unpaired) electrons. The Labute approximate surface area is 104 Å². The molecule has 0 aromatic rings. The van der Waals surface area contributed by atoms with Gasteiger partial charge in [0.2, 0.25) is 0 Å². The van der Waals surface area contributed by atoms with E-state index < -0.39 is 12.0 Å². The molecule has 2 N–H and O–H groups in total. The van der Waals surface area contributed by atoms with Crippen molar-refractivity contribution < 1.29 is 9.90 Å². The lowest BCUT2D eigenvalue weighted by Gasteiger charge is -2.35. The zero-order valence-corrected chi connectivity index (χ0v) is 11.0. The Morgan fingerprint density at radius 2 is 1.82 bits per heavy atom. The Bertz CT molecular complexity index is 228. The number of rotatable bonds is 7. The van der Waals surface area contributed by atoms with Crippen LogP contribution in [-0.2, 0) is 4.79 Å². The highest BCUT2D eigenvalue weighted by Crippen LogP contribution is 2.03. The van der Waals surface area contributed by atoms with E-state index in [4.69, 9.17) is 5.11 Å². The molecule has 1 aliphatic heterocycles. The molecule has 5 nitrogen and oxygen atoms in total. The molecule has 0 amide bonds. The highest BCUT2D eigenvalue weighted by molar-refractivity contribution is 5.73. The van der Waals surface area contributed by atoms with Crippen LogP contribution in [0.5, 0.6) is 0 Å². The van der Waals surface area contributed by atoms with Crippen molar-refractivity contribution in [2.24, 2.45) is 0 Å². The van der Waals surface area contributed by atoms with E-state index in [0.717, 1.165) is 32.7 Å². The second kappa shape index (κ2) is 7.63.